The quantitative estimate of drug-likeness (QED) is 0.473. The van der Waals surface area contributed by atoms with Gasteiger partial charge in [0.05, 0.1) is 24.6 Å². The van der Waals surface area contributed by atoms with Crippen molar-refractivity contribution in [2.75, 3.05) is 23.7 Å². The van der Waals surface area contributed by atoms with Gasteiger partial charge in [-0.2, -0.15) is 0 Å². The first-order chi connectivity index (χ1) is 15.8. The topological polar surface area (TPSA) is 84.9 Å². The molecule has 0 aliphatic rings. The van der Waals surface area contributed by atoms with Crippen molar-refractivity contribution in [3.8, 4) is 17.2 Å². The van der Waals surface area contributed by atoms with Crippen LogP contribution in [0, 0.1) is 0 Å². The number of anilines is 1. The lowest BCUT2D eigenvalue weighted by molar-refractivity contribution is -0.120. The van der Waals surface area contributed by atoms with E-state index in [1.54, 1.807) is 24.3 Å². The molecule has 0 radical (unpaired) electrons. The largest absolute Gasteiger partial charge is 0.494 e. The van der Waals surface area contributed by atoms with Crippen molar-refractivity contribution >= 4 is 21.6 Å². The van der Waals surface area contributed by atoms with Crippen LogP contribution in [0.25, 0.3) is 0 Å². The van der Waals surface area contributed by atoms with Crippen LogP contribution < -0.4 is 19.1 Å². The van der Waals surface area contributed by atoms with E-state index >= 15 is 0 Å². The van der Waals surface area contributed by atoms with Crippen molar-refractivity contribution in [2.45, 2.75) is 19.9 Å². The fourth-order valence-corrected chi connectivity index (χ4v) is 4.08. The van der Waals surface area contributed by atoms with E-state index in [0.29, 0.717) is 23.8 Å². The molecular formula is C25H28N2O5S. The lowest BCUT2D eigenvalue weighted by atomic mass is 10.1. The van der Waals surface area contributed by atoms with Crippen molar-refractivity contribution in [1.29, 1.82) is 0 Å². The van der Waals surface area contributed by atoms with E-state index in [1.807, 2.05) is 68.4 Å². The summed E-state index contributed by atoms with van der Waals surface area (Å²) in [7, 11) is -3.68. The molecule has 0 aliphatic carbocycles. The molecule has 7 nitrogen and oxygen atoms in total. The lowest BCUT2D eigenvalue weighted by Gasteiger charge is -2.23. The number of rotatable bonds is 10. The number of carbonyl (C=O) groups excluding carboxylic acids is 1. The summed E-state index contributed by atoms with van der Waals surface area (Å²) in [6.07, 6.45) is 1.07. The van der Waals surface area contributed by atoms with E-state index in [2.05, 4.69) is 5.32 Å². The third kappa shape index (κ3) is 6.98. The van der Waals surface area contributed by atoms with Gasteiger partial charge in [0, 0.05) is 0 Å². The van der Waals surface area contributed by atoms with Gasteiger partial charge in [-0.1, -0.05) is 30.3 Å². The summed E-state index contributed by atoms with van der Waals surface area (Å²) in [6.45, 7) is 3.99. The van der Waals surface area contributed by atoms with Crippen molar-refractivity contribution in [3.63, 3.8) is 0 Å². The number of carbonyl (C=O) groups is 1. The summed E-state index contributed by atoms with van der Waals surface area (Å²) in [6, 6.07) is 23.0. The Labute approximate surface area is 195 Å². The Balaban J connectivity index is 1.67. The molecule has 0 bridgehead atoms. The standard InChI is InChI=1S/C25H28N2O5S/c1-4-31-22-14-10-20(11-15-22)19(2)26-25(28)18-27(33(3,29)30)21-12-16-24(17-13-21)32-23-8-6-5-7-9-23/h5-17,19H,4,18H2,1-3H3,(H,26,28). The van der Waals surface area contributed by atoms with Crippen LogP contribution in [0.3, 0.4) is 0 Å². The molecule has 0 fully saturated rings. The molecule has 1 atom stereocenters. The molecule has 1 unspecified atom stereocenters. The van der Waals surface area contributed by atoms with E-state index in [1.165, 1.54) is 0 Å². The maximum absolute atomic E-state index is 12.7. The zero-order valence-corrected chi connectivity index (χ0v) is 19.7. The van der Waals surface area contributed by atoms with Gasteiger partial charge in [-0.15, -0.1) is 0 Å². The Kier molecular flexibility index (Phi) is 7.95. The highest BCUT2D eigenvalue weighted by molar-refractivity contribution is 7.92. The molecule has 174 valence electrons. The first-order valence-corrected chi connectivity index (χ1v) is 12.4. The smallest absolute Gasteiger partial charge is 0.241 e. The molecule has 3 aromatic carbocycles. The second-order valence-electron chi connectivity index (χ2n) is 7.47. The molecule has 1 N–H and O–H groups in total. The molecule has 1 amide bonds. The third-order valence-electron chi connectivity index (χ3n) is 4.86. The van der Waals surface area contributed by atoms with E-state index in [4.69, 9.17) is 9.47 Å². The van der Waals surface area contributed by atoms with E-state index in [9.17, 15) is 13.2 Å². The number of hydrogen-bond donors (Lipinski definition) is 1. The molecular weight excluding hydrogens is 440 g/mol. The van der Waals surface area contributed by atoms with Gasteiger partial charge in [-0.05, 0) is 67.9 Å². The molecule has 0 aliphatic heterocycles. The highest BCUT2D eigenvalue weighted by atomic mass is 32.2. The lowest BCUT2D eigenvalue weighted by Crippen LogP contribution is -2.41. The van der Waals surface area contributed by atoms with Gasteiger partial charge < -0.3 is 14.8 Å². The number of sulfonamides is 1. The number of amides is 1. The number of benzene rings is 3. The Morgan fingerprint density at radius 1 is 0.909 bits per heavy atom. The first kappa shape index (κ1) is 24.1. The maximum Gasteiger partial charge on any atom is 0.241 e. The fraction of sp³-hybridized carbons (Fsp3) is 0.240. The minimum atomic E-state index is -3.68. The second-order valence-corrected chi connectivity index (χ2v) is 9.38. The molecule has 0 aromatic heterocycles. The number of nitrogens with zero attached hydrogens (tertiary/aromatic N) is 1. The molecule has 0 spiro atoms. The van der Waals surface area contributed by atoms with Gasteiger partial charge in [0.25, 0.3) is 0 Å². The fourth-order valence-electron chi connectivity index (χ4n) is 3.23. The summed E-state index contributed by atoms with van der Waals surface area (Å²) in [4.78, 5) is 12.7. The van der Waals surface area contributed by atoms with Gasteiger partial charge in [0.1, 0.15) is 23.8 Å². The van der Waals surface area contributed by atoms with Crippen LogP contribution in [-0.4, -0.2) is 33.7 Å². The monoisotopic (exact) mass is 468 g/mol. The van der Waals surface area contributed by atoms with Crippen LogP contribution in [0.2, 0.25) is 0 Å². The summed E-state index contributed by atoms with van der Waals surface area (Å²) >= 11 is 0. The normalized spacial score (nSPS) is 12.0. The Hall–Kier alpha value is -3.52. The van der Waals surface area contributed by atoms with Crippen LogP contribution in [0.5, 0.6) is 17.2 Å². The average molecular weight is 469 g/mol. The Bertz CT molecular complexity index is 1150. The molecule has 0 saturated carbocycles. The van der Waals surface area contributed by atoms with Crippen molar-refractivity contribution in [1.82, 2.24) is 5.32 Å². The molecule has 33 heavy (non-hydrogen) atoms. The average Bonchev–Trinajstić information content (AvgIpc) is 2.79. The van der Waals surface area contributed by atoms with Crippen LogP contribution >= 0.6 is 0 Å². The maximum atomic E-state index is 12.7. The van der Waals surface area contributed by atoms with Crippen LogP contribution in [-0.2, 0) is 14.8 Å². The molecule has 3 aromatic rings. The van der Waals surface area contributed by atoms with Gasteiger partial charge >= 0.3 is 0 Å². The predicted molar refractivity (Wildman–Crippen MR) is 129 cm³/mol. The number of hydrogen-bond acceptors (Lipinski definition) is 5. The number of ether oxygens (including phenoxy) is 2. The van der Waals surface area contributed by atoms with Gasteiger partial charge in [-0.25, -0.2) is 8.42 Å². The van der Waals surface area contributed by atoms with E-state index in [0.717, 1.165) is 21.9 Å². The highest BCUT2D eigenvalue weighted by Gasteiger charge is 2.22. The van der Waals surface area contributed by atoms with Crippen LogP contribution in [0.4, 0.5) is 5.69 Å². The minimum Gasteiger partial charge on any atom is -0.494 e. The SMILES string of the molecule is CCOc1ccc(C(C)NC(=O)CN(c2ccc(Oc3ccccc3)cc2)S(C)(=O)=O)cc1. The third-order valence-corrected chi connectivity index (χ3v) is 6.00. The van der Waals surface area contributed by atoms with E-state index < -0.39 is 15.9 Å². The van der Waals surface area contributed by atoms with E-state index in [-0.39, 0.29) is 12.6 Å². The first-order valence-electron chi connectivity index (χ1n) is 10.6. The van der Waals surface area contributed by atoms with Crippen molar-refractivity contribution < 1.29 is 22.7 Å². The van der Waals surface area contributed by atoms with Crippen molar-refractivity contribution in [3.05, 3.63) is 84.4 Å². The summed E-state index contributed by atoms with van der Waals surface area (Å²) in [5.41, 5.74) is 1.27. The zero-order chi connectivity index (χ0) is 23.8. The molecule has 8 heteroatoms. The minimum absolute atomic E-state index is 0.295. The summed E-state index contributed by atoms with van der Waals surface area (Å²) in [5, 5.41) is 2.85. The summed E-state index contributed by atoms with van der Waals surface area (Å²) in [5.74, 6) is 1.58. The second kappa shape index (κ2) is 10.9. The van der Waals surface area contributed by atoms with Crippen LogP contribution in [0.15, 0.2) is 78.9 Å². The predicted octanol–water partition coefficient (Wildman–Crippen LogP) is 4.52. The highest BCUT2D eigenvalue weighted by Crippen LogP contribution is 2.25. The number of nitrogens with one attached hydrogen (secondary N) is 1. The van der Waals surface area contributed by atoms with Crippen LogP contribution in [0.1, 0.15) is 25.5 Å². The van der Waals surface area contributed by atoms with Gasteiger partial charge in [0.15, 0.2) is 0 Å². The molecule has 3 rings (SSSR count). The van der Waals surface area contributed by atoms with Crippen molar-refractivity contribution in [2.24, 2.45) is 0 Å². The molecule has 0 heterocycles. The Morgan fingerprint density at radius 3 is 2.06 bits per heavy atom. The number of para-hydroxylation sites is 1. The molecule has 0 saturated heterocycles. The van der Waals surface area contributed by atoms with Gasteiger partial charge in [-0.3, -0.25) is 9.10 Å². The zero-order valence-electron chi connectivity index (χ0n) is 18.9. The summed E-state index contributed by atoms with van der Waals surface area (Å²) < 4.78 is 37.0. The van der Waals surface area contributed by atoms with Gasteiger partial charge in [0.2, 0.25) is 15.9 Å². The Morgan fingerprint density at radius 2 is 1.48 bits per heavy atom.